The van der Waals surface area contributed by atoms with Gasteiger partial charge in [-0.3, -0.25) is 0 Å². The van der Waals surface area contributed by atoms with E-state index in [0.29, 0.717) is 0 Å². The number of hydrogen-bond donors (Lipinski definition) is 1. The molecule has 0 amide bonds. The maximum absolute atomic E-state index is 6.18. The smallest absolute Gasteiger partial charge is 0.123 e. The topological polar surface area (TPSA) is 44.5 Å². The molecule has 1 saturated carbocycles. The molecule has 1 aliphatic carbocycles. The molecule has 3 heteroatoms. The summed E-state index contributed by atoms with van der Waals surface area (Å²) in [4.78, 5) is 0. The lowest BCUT2D eigenvalue weighted by molar-refractivity contribution is 0.385. The van der Waals surface area contributed by atoms with Crippen LogP contribution in [-0.4, -0.2) is 20.3 Å². The van der Waals surface area contributed by atoms with Crippen molar-refractivity contribution in [1.29, 1.82) is 0 Å². The standard InChI is InChI=1S/C16H25NO2/c1-5-6-12-9-15(19-4)13(10-14(12)18-3)16(7-8-16)11(2)17/h9-11H,5-8,17H2,1-4H3. The first kappa shape index (κ1) is 14.2. The summed E-state index contributed by atoms with van der Waals surface area (Å²) in [6.45, 7) is 4.25. The van der Waals surface area contributed by atoms with Gasteiger partial charge in [-0.05, 0) is 43.9 Å². The molecule has 0 saturated heterocycles. The van der Waals surface area contributed by atoms with E-state index in [1.807, 2.05) is 0 Å². The molecule has 1 aromatic carbocycles. The van der Waals surface area contributed by atoms with E-state index in [-0.39, 0.29) is 11.5 Å². The number of ether oxygens (including phenoxy) is 2. The summed E-state index contributed by atoms with van der Waals surface area (Å²) in [5, 5.41) is 0. The monoisotopic (exact) mass is 263 g/mol. The largest absolute Gasteiger partial charge is 0.496 e. The quantitative estimate of drug-likeness (QED) is 0.858. The molecule has 1 aliphatic rings. The second kappa shape index (κ2) is 5.41. The minimum atomic E-state index is 0.0867. The highest BCUT2D eigenvalue weighted by Gasteiger charge is 2.49. The second-order valence-electron chi connectivity index (χ2n) is 5.56. The van der Waals surface area contributed by atoms with Gasteiger partial charge >= 0.3 is 0 Å². The van der Waals surface area contributed by atoms with Gasteiger partial charge in [0.15, 0.2) is 0 Å². The van der Waals surface area contributed by atoms with Gasteiger partial charge in [0.05, 0.1) is 14.2 Å². The Morgan fingerprint density at radius 1 is 1.21 bits per heavy atom. The molecule has 0 bridgehead atoms. The van der Waals surface area contributed by atoms with Crippen LogP contribution in [0.3, 0.4) is 0 Å². The summed E-state index contributed by atoms with van der Waals surface area (Å²) in [5.41, 5.74) is 8.69. The van der Waals surface area contributed by atoms with E-state index in [0.717, 1.165) is 37.2 Å². The van der Waals surface area contributed by atoms with Crippen LogP contribution in [0.25, 0.3) is 0 Å². The maximum Gasteiger partial charge on any atom is 0.123 e. The van der Waals surface area contributed by atoms with Crippen LogP contribution >= 0.6 is 0 Å². The Labute approximate surface area is 116 Å². The molecule has 2 N–H and O–H groups in total. The Morgan fingerprint density at radius 3 is 2.26 bits per heavy atom. The van der Waals surface area contributed by atoms with Crippen molar-refractivity contribution < 1.29 is 9.47 Å². The summed E-state index contributed by atoms with van der Waals surface area (Å²) in [6, 6.07) is 4.41. The molecule has 0 heterocycles. The van der Waals surface area contributed by atoms with Crippen LogP contribution in [0.4, 0.5) is 0 Å². The highest BCUT2D eigenvalue weighted by molar-refractivity contribution is 5.52. The summed E-state index contributed by atoms with van der Waals surface area (Å²) < 4.78 is 11.1. The van der Waals surface area contributed by atoms with Gasteiger partial charge in [-0.2, -0.15) is 0 Å². The SMILES string of the molecule is CCCc1cc(OC)c(C2(C(C)N)CC2)cc1OC. The van der Waals surface area contributed by atoms with E-state index in [4.69, 9.17) is 15.2 Å². The minimum absolute atomic E-state index is 0.0867. The zero-order valence-corrected chi connectivity index (χ0v) is 12.5. The summed E-state index contributed by atoms with van der Waals surface area (Å²) in [5.74, 6) is 1.92. The van der Waals surface area contributed by atoms with Crippen molar-refractivity contribution in [3.8, 4) is 11.5 Å². The van der Waals surface area contributed by atoms with Gasteiger partial charge in [-0.25, -0.2) is 0 Å². The van der Waals surface area contributed by atoms with Gasteiger partial charge in [-0.1, -0.05) is 13.3 Å². The van der Waals surface area contributed by atoms with Gasteiger partial charge in [0.2, 0.25) is 0 Å². The van der Waals surface area contributed by atoms with E-state index in [1.54, 1.807) is 14.2 Å². The third-order valence-corrected chi connectivity index (χ3v) is 4.32. The number of rotatable bonds is 6. The van der Waals surface area contributed by atoms with E-state index in [9.17, 15) is 0 Å². The Bertz CT molecular complexity index is 450. The van der Waals surface area contributed by atoms with Crippen LogP contribution in [0.5, 0.6) is 11.5 Å². The fourth-order valence-electron chi connectivity index (χ4n) is 2.92. The van der Waals surface area contributed by atoms with Crippen LogP contribution < -0.4 is 15.2 Å². The van der Waals surface area contributed by atoms with E-state index < -0.39 is 0 Å². The highest BCUT2D eigenvalue weighted by Crippen LogP contribution is 2.54. The number of hydrogen-bond acceptors (Lipinski definition) is 3. The first-order valence-electron chi connectivity index (χ1n) is 7.10. The van der Waals surface area contributed by atoms with Crippen molar-refractivity contribution in [2.24, 2.45) is 5.73 Å². The number of nitrogens with two attached hydrogens (primary N) is 1. The van der Waals surface area contributed by atoms with Gasteiger partial charge in [-0.15, -0.1) is 0 Å². The van der Waals surface area contributed by atoms with E-state index in [2.05, 4.69) is 26.0 Å². The number of aryl methyl sites for hydroxylation is 1. The van der Waals surface area contributed by atoms with Crippen molar-refractivity contribution in [2.75, 3.05) is 14.2 Å². The molecule has 0 aromatic heterocycles. The fraction of sp³-hybridized carbons (Fsp3) is 0.625. The van der Waals surface area contributed by atoms with Crippen molar-refractivity contribution in [1.82, 2.24) is 0 Å². The molecular formula is C16H25NO2. The lowest BCUT2D eigenvalue weighted by atomic mass is 9.87. The Balaban J connectivity index is 2.49. The minimum Gasteiger partial charge on any atom is -0.496 e. The first-order chi connectivity index (χ1) is 9.08. The van der Waals surface area contributed by atoms with Gasteiger partial charge < -0.3 is 15.2 Å². The molecule has 106 valence electrons. The zero-order valence-electron chi connectivity index (χ0n) is 12.5. The van der Waals surface area contributed by atoms with Crippen molar-refractivity contribution in [2.45, 2.75) is 51.0 Å². The molecule has 1 fully saturated rings. The second-order valence-corrected chi connectivity index (χ2v) is 5.56. The van der Waals surface area contributed by atoms with Gasteiger partial charge in [0, 0.05) is 17.0 Å². The average molecular weight is 263 g/mol. The molecule has 0 spiro atoms. The third kappa shape index (κ3) is 2.44. The first-order valence-corrected chi connectivity index (χ1v) is 7.10. The summed E-state index contributed by atoms with van der Waals surface area (Å²) in [7, 11) is 3.47. The Hall–Kier alpha value is -1.22. The van der Waals surface area contributed by atoms with Gasteiger partial charge in [0.1, 0.15) is 11.5 Å². The van der Waals surface area contributed by atoms with Crippen LogP contribution in [0.1, 0.15) is 44.2 Å². The lowest BCUT2D eigenvalue weighted by Gasteiger charge is -2.24. The normalized spacial score (nSPS) is 17.9. The lowest BCUT2D eigenvalue weighted by Crippen LogP contribution is -2.32. The molecule has 1 unspecified atom stereocenters. The van der Waals surface area contributed by atoms with Crippen LogP contribution in [-0.2, 0) is 11.8 Å². The summed E-state index contributed by atoms with van der Waals surface area (Å²) in [6.07, 6.45) is 4.37. The van der Waals surface area contributed by atoms with Crippen molar-refractivity contribution in [3.63, 3.8) is 0 Å². The molecule has 1 atom stereocenters. The van der Waals surface area contributed by atoms with Gasteiger partial charge in [0.25, 0.3) is 0 Å². The molecule has 0 radical (unpaired) electrons. The molecule has 0 aliphatic heterocycles. The van der Waals surface area contributed by atoms with E-state index in [1.165, 1.54) is 11.1 Å². The van der Waals surface area contributed by atoms with Crippen molar-refractivity contribution >= 4 is 0 Å². The van der Waals surface area contributed by atoms with Crippen molar-refractivity contribution in [3.05, 3.63) is 23.3 Å². The molecule has 3 nitrogen and oxygen atoms in total. The third-order valence-electron chi connectivity index (χ3n) is 4.32. The maximum atomic E-state index is 6.18. The summed E-state index contributed by atoms with van der Waals surface area (Å²) >= 11 is 0. The number of methoxy groups -OCH3 is 2. The number of benzene rings is 1. The van der Waals surface area contributed by atoms with E-state index >= 15 is 0 Å². The van der Waals surface area contributed by atoms with Crippen LogP contribution in [0.2, 0.25) is 0 Å². The predicted octanol–water partition coefficient (Wildman–Crippen LogP) is 3.04. The molecule has 19 heavy (non-hydrogen) atoms. The highest BCUT2D eigenvalue weighted by atomic mass is 16.5. The fourth-order valence-corrected chi connectivity index (χ4v) is 2.92. The Kier molecular flexibility index (Phi) is 4.04. The molecule has 2 rings (SSSR count). The zero-order chi connectivity index (χ0) is 14.0. The average Bonchev–Trinajstić information content (AvgIpc) is 3.20. The molecular weight excluding hydrogens is 238 g/mol. The molecule has 1 aromatic rings. The predicted molar refractivity (Wildman–Crippen MR) is 78.1 cm³/mol. The van der Waals surface area contributed by atoms with Crippen LogP contribution in [0, 0.1) is 0 Å². The van der Waals surface area contributed by atoms with Crippen LogP contribution in [0.15, 0.2) is 12.1 Å². The Morgan fingerprint density at radius 2 is 1.84 bits per heavy atom.